The van der Waals surface area contributed by atoms with Crippen molar-refractivity contribution < 1.29 is 4.79 Å². The Morgan fingerprint density at radius 3 is 2.72 bits per heavy atom. The first kappa shape index (κ1) is 12.9. The topological polar surface area (TPSA) is 35.6 Å². The van der Waals surface area contributed by atoms with Gasteiger partial charge in [-0.25, -0.2) is 0 Å². The molecule has 1 N–H and O–H groups in total. The van der Waals surface area contributed by atoms with Gasteiger partial charge in [0.05, 0.1) is 5.56 Å². The van der Waals surface area contributed by atoms with Gasteiger partial charge in [0.2, 0.25) is 0 Å². The Kier molecular flexibility index (Phi) is 3.87. The van der Waals surface area contributed by atoms with Gasteiger partial charge in [-0.05, 0) is 26.1 Å². The third kappa shape index (κ3) is 2.48. The quantitative estimate of drug-likeness (QED) is 0.860. The lowest BCUT2D eigenvalue weighted by molar-refractivity contribution is 0.0534. The van der Waals surface area contributed by atoms with E-state index in [-0.39, 0.29) is 11.9 Å². The minimum atomic E-state index is 0.126. The van der Waals surface area contributed by atoms with Crippen molar-refractivity contribution in [2.45, 2.75) is 13.0 Å². The molecule has 1 aliphatic rings. The Labute approximate surface area is 109 Å². The van der Waals surface area contributed by atoms with Crippen LogP contribution in [0.5, 0.6) is 0 Å². The van der Waals surface area contributed by atoms with Crippen LogP contribution in [0.25, 0.3) is 0 Å². The van der Waals surface area contributed by atoms with Crippen molar-refractivity contribution in [2.24, 2.45) is 0 Å². The van der Waals surface area contributed by atoms with Gasteiger partial charge in [0.1, 0.15) is 0 Å². The van der Waals surface area contributed by atoms with E-state index in [4.69, 9.17) is 0 Å². The first-order valence-electron chi connectivity index (χ1n) is 6.39. The van der Waals surface area contributed by atoms with Gasteiger partial charge in [-0.1, -0.05) is 12.1 Å². The number of nitrogens with one attached hydrogen (secondary N) is 1. The summed E-state index contributed by atoms with van der Waals surface area (Å²) >= 11 is 0. The molecule has 1 unspecified atom stereocenters. The maximum atomic E-state index is 12.6. The van der Waals surface area contributed by atoms with E-state index in [1.807, 2.05) is 36.2 Å². The number of rotatable bonds is 2. The van der Waals surface area contributed by atoms with E-state index in [1.54, 1.807) is 0 Å². The van der Waals surface area contributed by atoms with Crippen molar-refractivity contribution in [1.29, 1.82) is 0 Å². The first-order valence-corrected chi connectivity index (χ1v) is 6.39. The van der Waals surface area contributed by atoms with E-state index < -0.39 is 0 Å². The van der Waals surface area contributed by atoms with Crippen LogP contribution >= 0.6 is 0 Å². The van der Waals surface area contributed by atoms with Gasteiger partial charge in [-0.2, -0.15) is 0 Å². The van der Waals surface area contributed by atoms with Gasteiger partial charge >= 0.3 is 0 Å². The molecule has 1 heterocycles. The Morgan fingerprint density at radius 2 is 2.06 bits per heavy atom. The predicted octanol–water partition coefficient (Wildman–Crippen LogP) is 1.50. The summed E-state index contributed by atoms with van der Waals surface area (Å²) in [5, 5.41) is 3.08. The largest absolute Gasteiger partial charge is 0.387 e. The highest BCUT2D eigenvalue weighted by Gasteiger charge is 2.27. The number of hydrogen-bond donors (Lipinski definition) is 1. The van der Waals surface area contributed by atoms with Crippen LogP contribution in [-0.4, -0.2) is 55.5 Å². The molecule has 4 heteroatoms. The average molecular weight is 247 g/mol. The number of para-hydroxylation sites is 1. The lowest BCUT2D eigenvalue weighted by Gasteiger charge is -2.38. The number of carbonyl (C=O) groups is 1. The summed E-state index contributed by atoms with van der Waals surface area (Å²) < 4.78 is 0. The molecule has 4 nitrogen and oxygen atoms in total. The van der Waals surface area contributed by atoms with Crippen LogP contribution in [0.4, 0.5) is 5.69 Å². The van der Waals surface area contributed by atoms with Gasteiger partial charge in [0.25, 0.3) is 5.91 Å². The van der Waals surface area contributed by atoms with Gasteiger partial charge < -0.3 is 15.1 Å². The van der Waals surface area contributed by atoms with Crippen molar-refractivity contribution in [1.82, 2.24) is 9.80 Å². The lowest BCUT2D eigenvalue weighted by Crippen LogP contribution is -2.52. The Balaban J connectivity index is 2.20. The van der Waals surface area contributed by atoms with Gasteiger partial charge in [-0.3, -0.25) is 4.79 Å². The number of carbonyl (C=O) groups excluding carboxylic acids is 1. The molecular formula is C14H21N3O. The maximum Gasteiger partial charge on any atom is 0.256 e. The zero-order chi connectivity index (χ0) is 13.1. The standard InChI is InChI=1S/C14H21N3O/c1-11-10-16(3)8-9-17(11)14(18)12-6-4-5-7-13(12)15-2/h4-7,11,15H,8-10H2,1-3H3. The van der Waals surface area contributed by atoms with Crippen molar-refractivity contribution in [3.05, 3.63) is 29.8 Å². The normalized spacial score (nSPS) is 20.8. The summed E-state index contributed by atoms with van der Waals surface area (Å²) in [5.41, 5.74) is 1.66. The summed E-state index contributed by atoms with van der Waals surface area (Å²) in [6, 6.07) is 7.94. The molecule has 1 atom stereocenters. The third-order valence-electron chi connectivity index (χ3n) is 3.52. The Hall–Kier alpha value is -1.55. The summed E-state index contributed by atoms with van der Waals surface area (Å²) in [6.07, 6.45) is 0. The highest BCUT2D eigenvalue weighted by molar-refractivity contribution is 5.99. The lowest BCUT2D eigenvalue weighted by atomic mass is 10.1. The van der Waals surface area contributed by atoms with Gasteiger partial charge in [0, 0.05) is 38.4 Å². The average Bonchev–Trinajstić information content (AvgIpc) is 2.38. The fraction of sp³-hybridized carbons (Fsp3) is 0.500. The molecule has 0 spiro atoms. The molecule has 1 aromatic carbocycles. The van der Waals surface area contributed by atoms with Crippen LogP contribution in [0, 0.1) is 0 Å². The SMILES string of the molecule is CNc1ccccc1C(=O)N1CCN(C)CC1C. The summed E-state index contributed by atoms with van der Waals surface area (Å²) in [5.74, 6) is 0.126. The third-order valence-corrected chi connectivity index (χ3v) is 3.52. The molecule has 1 fully saturated rings. The molecule has 0 aliphatic carbocycles. The molecule has 0 bridgehead atoms. The fourth-order valence-corrected chi connectivity index (χ4v) is 2.48. The summed E-state index contributed by atoms with van der Waals surface area (Å²) in [7, 11) is 3.94. The van der Waals surface area contributed by atoms with E-state index in [1.165, 1.54) is 0 Å². The Morgan fingerprint density at radius 1 is 1.33 bits per heavy atom. The molecule has 0 aromatic heterocycles. The molecular weight excluding hydrogens is 226 g/mol. The number of benzene rings is 1. The van der Waals surface area contributed by atoms with Gasteiger partial charge in [-0.15, -0.1) is 0 Å². The van der Waals surface area contributed by atoms with Crippen molar-refractivity contribution >= 4 is 11.6 Å². The summed E-state index contributed by atoms with van der Waals surface area (Å²) in [6.45, 7) is 4.79. The van der Waals surface area contributed by atoms with E-state index in [9.17, 15) is 4.79 Å². The number of piperazine rings is 1. The zero-order valence-corrected chi connectivity index (χ0v) is 11.3. The Bertz CT molecular complexity index is 433. The second-order valence-corrected chi connectivity index (χ2v) is 4.91. The molecule has 0 radical (unpaired) electrons. The van der Waals surface area contributed by atoms with Crippen LogP contribution in [0.2, 0.25) is 0 Å². The maximum absolute atomic E-state index is 12.6. The van der Waals surface area contributed by atoms with Crippen LogP contribution in [-0.2, 0) is 0 Å². The van der Waals surface area contributed by atoms with E-state index in [2.05, 4.69) is 24.2 Å². The number of hydrogen-bond acceptors (Lipinski definition) is 3. The molecule has 1 aromatic rings. The summed E-state index contributed by atoms with van der Waals surface area (Å²) in [4.78, 5) is 16.8. The molecule has 0 saturated carbocycles. The highest BCUT2D eigenvalue weighted by atomic mass is 16.2. The van der Waals surface area contributed by atoms with E-state index >= 15 is 0 Å². The molecule has 1 amide bonds. The number of amides is 1. The van der Waals surface area contributed by atoms with Gasteiger partial charge in [0.15, 0.2) is 0 Å². The second-order valence-electron chi connectivity index (χ2n) is 4.91. The molecule has 1 saturated heterocycles. The zero-order valence-electron chi connectivity index (χ0n) is 11.3. The van der Waals surface area contributed by atoms with Crippen molar-refractivity contribution in [3.63, 3.8) is 0 Å². The monoisotopic (exact) mass is 247 g/mol. The minimum absolute atomic E-state index is 0.126. The number of likely N-dealkylation sites (N-methyl/N-ethyl adjacent to an activating group) is 1. The molecule has 1 aliphatic heterocycles. The smallest absolute Gasteiger partial charge is 0.256 e. The first-order chi connectivity index (χ1) is 8.63. The van der Waals surface area contributed by atoms with Crippen molar-refractivity contribution in [2.75, 3.05) is 39.0 Å². The van der Waals surface area contributed by atoms with E-state index in [0.717, 1.165) is 30.9 Å². The number of nitrogens with zero attached hydrogens (tertiary/aromatic N) is 2. The van der Waals surface area contributed by atoms with Crippen LogP contribution in [0.3, 0.4) is 0 Å². The number of anilines is 1. The highest BCUT2D eigenvalue weighted by Crippen LogP contribution is 2.19. The van der Waals surface area contributed by atoms with Crippen LogP contribution in [0.1, 0.15) is 17.3 Å². The molecule has 2 rings (SSSR count). The van der Waals surface area contributed by atoms with Crippen LogP contribution < -0.4 is 5.32 Å². The van der Waals surface area contributed by atoms with Crippen LogP contribution in [0.15, 0.2) is 24.3 Å². The molecule has 18 heavy (non-hydrogen) atoms. The predicted molar refractivity (Wildman–Crippen MR) is 74.0 cm³/mol. The second kappa shape index (κ2) is 5.40. The van der Waals surface area contributed by atoms with E-state index in [0.29, 0.717) is 0 Å². The minimum Gasteiger partial charge on any atom is -0.387 e. The fourth-order valence-electron chi connectivity index (χ4n) is 2.48. The molecule has 98 valence electrons. The van der Waals surface area contributed by atoms with Crippen molar-refractivity contribution in [3.8, 4) is 0 Å².